The molecule has 1 N–H and O–H groups in total. The zero-order valence-electron chi connectivity index (χ0n) is 10.9. The molecule has 2 aliphatic rings. The van der Waals surface area contributed by atoms with Crippen LogP contribution in [0.1, 0.15) is 33.1 Å². The maximum absolute atomic E-state index is 9.13. The summed E-state index contributed by atoms with van der Waals surface area (Å²) in [4.78, 5) is 0. The fourth-order valence-corrected chi connectivity index (χ4v) is 3.05. The average molecular weight is 240 g/mol. The summed E-state index contributed by atoms with van der Waals surface area (Å²) in [6.45, 7) is 9.75. The predicted molar refractivity (Wildman–Crippen MR) is 66.5 cm³/mol. The molecule has 0 aromatic carbocycles. The molecule has 17 heavy (non-hydrogen) atoms. The van der Waals surface area contributed by atoms with E-state index < -0.39 is 5.79 Å². The van der Waals surface area contributed by atoms with Crippen LogP contribution in [-0.2, 0) is 9.47 Å². The van der Waals surface area contributed by atoms with E-state index >= 15 is 0 Å². The van der Waals surface area contributed by atoms with Crippen LogP contribution in [0.4, 0.5) is 0 Å². The van der Waals surface area contributed by atoms with Crippen molar-refractivity contribution in [2.24, 2.45) is 17.8 Å². The minimum atomic E-state index is -0.463. The summed E-state index contributed by atoms with van der Waals surface area (Å²) < 4.78 is 12.0. The Hall–Kier alpha value is -0.380. The van der Waals surface area contributed by atoms with Gasteiger partial charge in [0.1, 0.15) is 0 Å². The van der Waals surface area contributed by atoms with Crippen LogP contribution >= 0.6 is 0 Å². The molecule has 1 heterocycles. The van der Waals surface area contributed by atoms with Gasteiger partial charge in [-0.15, -0.1) is 0 Å². The van der Waals surface area contributed by atoms with Gasteiger partial charge in [-0.2, -0.15) is 0 Å². The molecule has 3 nitrogen and oxygen atoms in total. The van der Waals surface area contributed by atoms with Gasteiger partial charge in [0.05, 0.1) is 19.8 Å². The third-order valence-electron chi connectivity index (χ3n) is 4.09. The summed E-state index contributed by atoms with van der Waals surface area (Å²) in [6.07, 6.45) is 3.26. The van der Waals surface area contributed by atoms with Crippen LogP contribution in [0.15, 0.2) is 12.2 Å². The van der Waals surface area contributed by atoms with Crippen molar-refractivity contribution in [3.63, 3.8) is 0 Å². The molecule has 2 rings (SSSR count). The van der Waals surface area contributed by atoms with Crippen molar-refractivity contribution in [1.29, 1.82) is 0 Å². The highest BCUT2D eigenvalue weighted by atomic mass is 16.7. The van der Waals surface area contributed by atoms with Gasteiger partial charge in [-0.25, -0.2) is 0 Å². The first-order chi connectivity index (χ1) is 8.07. The SMILES string of the molecule is C=C(C)C1CCC(C)CC12OCC(CO)CO2. The number of hydrogen-bond donors (Lipinski definition) is 1. The molecule has 3 heteroatoms. The molecule has 2 atom stereocenters. The largest absolute Gasteiger partial charge is 0.396 e. The molecule has 2 unspecified atom stereocenters. The fraction of sp³-hybridized carbons (Fsp3) is 0.857. The smallest absolute Gasteiger partial charge is 0.174 e. The first kappa shape index (κ1) is 13.1. The molecule has 0 bridgehead atoms. The van der Waals surface area contributed by atoms with Gasteiger partial charge < -0.3 is 14.6 Å². The van der Waals surface area contributed by atoms with Crippen LogP contribution in [-0.4, -0.2) is 30.7 Å². The van der Waals surface area contributed by atoms with Gasteiger partial charge in [0.15, 0.2) is 5.79 Å². The van der Waals surface area contributed by atoms with E-state index in [9.17, 15) is 0 Å². The maximum Gasteiger partial charge on any atom is 0.174 e. The second kappa shape index (κ2) is 5.09. The lowest BCUT2D eigenvalue weighted by molar-refractivity contribution is -0.320. The Balaban J connectivity index is 2.11. The predicted octanol–water partition coefficient (Wildman–Crippen LogP) is 2.35. The number of aliphatic hydroxyl groups is 1. The number of aliphatic hydroxyl groups excluding tert-OH is 1. The van der Waals surface area contributed by atoms with Gasteiger partial charge >= 0.3 is 0 Å². The van der Waals surface area contributed by atoms with E-state index in [-0.39, 0.29) is 12.5 Å². The summed E-state index contributed by atoms with van der Waals surface area (Å²) >= 11 is 0. The van der Waals surface area contributed by atoms with E-state index in [2.05, 4.69) is 20.4 Å². The van der Waals surface area contributed by atoms with Crippen molar-refractivity contribution in [3.8, 4) is 0 Å². The minimum Gasteiger partial charge on any atom is -0.396 e. The molecule has 1 aliphatic heterocycles. The van der Waals surface area contributed by atoms with Crippen molar-refractivity contribution in [2.75, 3.05) is 19.8 Å². The Morgan fingerprint density at radius 3 is 2.53 bits per heavy atom. The van der Waals surface area contributed by atoms with Gasteiger partial charge in [0, 0.05) is 18.3 Å². The van der Waals surface area contributed by atoms with E-state index in [4.69, 9.17) is 14.6 Å². The standard InChI is InChI=1S/C14H24O3/c1-10(2)13-5-4-11(3)6-14(13)16-8-12(7-15)9-17-14/h11-13,15H,1,4-9H2,2-3H3. The van der Waals surface area contributed by atoms with Crippen LogP contribution in [0.25, 0.3) is 0 Å². The third kappa shape index (κ3) is 2.56. The van der Waals surface area contributed by atoms with Gasteiger partial charge in [-0.1, -0.05) is 19.1 Å². The summed E-state index contributed by atoms with van der Waals surface area (Å²) in [7, 11) is 0. The van der Waals surface area contributed by atoms with Crippen molar-refractivity contribution < 1.29 is 14.6 Å². The van der Waals surface area contributed by atoms with Crippen molar-refractivity contribution in [1.82, 2.24) is 0 Å². The van der Waals surface area contributed by atoms with Crippen LogP contribution in [0.5, 0.6) is 0 Å². The van der Waals surface area contributed by atoms with Crippen molar-refractivity contribution >= 4 is 0 Å². The normalized spacial score (nSPS) is 42.6. The molecule has 0 radical (unpaired) electrons. The molecule has 0 aromatic heterocycles. The Morgan fingerprint density at radius 2 is 2.00 bits per heavy atom. The number of hydrogen-bond acceptors (Lipinski definition) is 3. The molecule has 1 aliphatic carbocycles. The Morgan fingerprint density at radius 1 is 1.35 bits per heavy atom. The average Bonchev–Trinajstić information content (AvgIpc) is 2.29. The number of rotatable bonds is 2. The van der Waals surface area contributed by atoms with E-state index in [0.717, 1.165) is 18.4 Å². The highest BCUT2D eigenvalue weighted by Gasteiger charge is 2.48. The zero-order chi connectivity index (χ0) is 12.5. The van der Waals surface area contributed by atoms with Crippen LogP contribution < -0.4 is 0 Å². The van der Waals surface area contributed by atoms with E-state index in [1.165, 1.54) is 6.42 Å². The molecular formula is C14H24O3. The Bertz CT molecular complexity index is 279. The van der Waals surface area contributed by atoms with E-state index in [1.807, 2.05) is 0 Å². The summed E-state index contributed by atoms with van der Waals surface area (Å²) in [6, 6.07) is 0. The van der Waals surface area contributed by atoms with Crippen molar-refractivity contribution in [2.45, 2.75) is 38.9 Å². The fourth-order valence-electron chi connectivity index (χ4n) is 3.05. The van der Waals surface area contributed by atoms with Crippen LogP contribution in [0.2, 0.25) is 0 Å². The lowest BCUT2D eigenvalue weighted by atomic mass is 9.74. The maximum atomic E-state index is 9.13. The summed E-state index contributed by atoms with van der Waals surface area (Å²) in [5.74, 6) is 0.605. The molecule has 1 saturated heterocycles. The Kier molecular flexibility index (Phi) is 3.91. The molecule has 0 aromatic rings. The zero-order valence-corrected chi connectivity index (χ0v) is 10.9. The van der Waals surface area contributed by atoms with Gasteiger partial charge in [0.25, 0.3) is 0 Å². The monoisotopic (exact) mass is 240 g/mol. The quantitative estimate of drug-likeness (QED) is 0.753. The first-order valence-corrected chi connectivity index (χ1v) is 6.61. The van der Waals surface area contributed by atoms with Crippen LogP contribution in [0.3, 0.4) is 0 Å². The van der Waals surface area contributed by atoms with Gasteiger partial charge in [-0.05, 0) is 25.7 Å². The number of ether oxygens (including phenoxy) is 2. The lowest BCUT2D eigenvalue weighted by Gasteiger charge is -2.49. The summed E-state index contributed by atoms with van der Waals surface area (Å²) in [5, 5.41) is 9.13. The van der Waals surface area contributed by atoms with E-state index in [0.29, 0.717) is 25.0 Å². The first-order valence-electron chi connectivity index (χ1n) is 6.61. The highest BCUT2D eigenvalue weighted by molar-refractivity contribution is 5.06. The van der Waals surface area contributed by atoms with Crippen LogP contribution in [0, 0.1) is 17.8 Å². The van der Waals surface area contributed by atoms with Crippen molar-refractivity contribution in [3.05, 3.63) is 12.2 Å². The molecule has 98 valence electrons. The van der Waals surface area contributed by atoms with Gasteiger partial charge in [-0.3, -0.25) is 0 Å². The minimum absolute atomic E-state index is 0.128. The molecule has 1 saturated carbocycles. The summed E-state index contributed by atoms with van der Waals surface area (Å²) in [5.41, 5.74) is 1.15. The Labute approximate surface area is 104 Å². The second-order valence-electron chi connectivity index (χ2n) is 5.77. The second-order valence-corrected chi connectivity index (χ2v) is 5.77. The lowest BCUT2D eigenvalue weighted by Crippen LogP contribution is -2.53. The third-order valence-corrected chi connectivity index (χ3v) is 4.09. The molecular weight excluding hydrogens is 216 g/mol. The van der Waals surface area contributed by atoms with E-state index in [1.54, 1.807) is 0 Å². The molecule has 0 amide bonds. The highest BCUT2D eigenvalue weighted by Crippen LogP contribution is 2.45. The molecule has 2 fully saturated rings. The molecule has 1 spiro atoms. The van der Waals surface area contributed by atoms with Gasteiger partial charge in [0.2, 0.25) is 0 Å². The topological polar surface area (TPSA) is 38.7 Å².